The number of carbonyl (C=O) groups is 2. The average Bonchev–Trinajstić information content (AvgIpc) is 3.01. The maximum atomic E-state index is 12.7. The van der Waals surface area contributed by atoms with E-state index in [9.17, 15) is 9.59 Å². The summed E-state index contributed by atoms with van der Waals surface area (Å²) in [6, 6.07) is 10.2. The van der Waals surface area contributed by atoms with Crippen molar-refractivity contribution in [1.29, 1.82) is 0 Å². The third-order valence-electron chi connectivity index (χ3n) is 6.45. The molecule has 0 aliphatic carbocycles. The summed E-state index contributed by atoms with van der Waals surface area (Å²) in [4.78, 5) is 31.5. The quantitative estimate of drug-likeness (QED) is 0.736. The molecule has 6 nitrogen and oxygen atoms in total. The molecule has 1 aromatic carbocycles. The number of pyridine rings is 1. The summed E-state index contributed by atoms with van der Waals surface area (Å²) in [5.74, 6) is 0.545. The van der Waals surface area contributed by atoms with E-state index in [4.69, 9.17) is 0 Å². The predicted molar refractivity (Wildman–Crippen MR) is 113 cm³/mol. The Morgan fingerprint density at radius 2 is 2.00 bits per heavy atom. The smallest absolute Gasteiger partial charge is 0.322 e. The largest absolute Gasteiger partial charge is 0.323 e. The molecule has 2 N–H and O–H groups in total. The molecule has 1 aromatic heterocycles. The fraction of sp³-hybridized carbons (Fsp3) is 0.522. The maximum absolute atomic E-state index is 12.7. The molecule has 2 aromatic rings. The number of rotatable bonds is 6. The molecule has 0 spiro atoms. The molecule has 1 atom stereocenters. The number of fused-ring (bicyclic) bond motifs is 1. The zero-order valence-corrected chi connectivity index (χ0v) is 17.3. The average molecular weight is 395 g/mol. The van der Waals surface area contributed by atoms with E-state index in [0.29, 0.717) is 12.3 Å². The van der Waals surface area contributed by atoms with E-state index in [0.717, 1.165) is 49.8 Å². The van der Waals surface area contributed by atoms with Crippen LogP contribution in [0.15, 0.2) is 36.5 Å². The van der Waals surface area contributed by atoms with Gasteiger partial charge in [0.2, 0.25) is 0 Å². The standard InChI is InChI=1S/C23H30N4O2/c1-16(2)7-10-23(21(28)25-22(29)26-23)19-8-12-27(13-9-19)15-17-5-6-18-4-3-11-24-20(18)14-17/h3-6,11,14,16,19H,7-10,12-13,15H2,1-2H3,(H2,25,26,28,29). The van der Waals surface area contributed by atoms with E-state index in [-0.39, 0.29) is 17.9 Å². The first-order chi connectivity index (χ1) is 14.0. The first kappa shape index (κ1) is 19.8. The molecule has 3 amide bonds. The predicted octanol–water partition coefficient (Wildman–Crippen LogP) is 3.46. The summed E-state index contributed by atoms with van der Waals surface area (Å²) >= 11 is 0. The van der Waals surface area contributed by atoms with Crippen LogP contribution in [0.2, 0.25) is 0 Å². The molecule has 2 saturated heterocycles. The van der Waals surface area contributed by atoms with E-state index in [1.54, 1.807) is 0 Å². The summed E-state index contributed by atoms with van der Waals surface area (Å²) in [6.07, 6.45) is 5.30. The van der Waals surface area contributed by atoms with Gasteiger partial charge in [-0.3, -0.25) is 20.0 Å². The van der Waals surface area contributed by atoms with Crippen LogP contribution in [0.3, 0.4) is 0 Å². The highest BCUT2D eigenvalue weighted by atomic mass is 16.2. The first-order valence-corrected chi connectivity index (χ1v) is 10.7. The van der Waals surface area contributed by atoms with E-state index in [1.807, 2.05) is 12.3 Å². The molecule has 6 heteroatoms. The van der Waals surface area contributed by atoms with Crippen LogP contribution >= 0.6 is 0 Å². The van der Waals surface area contributed by atoms with Crippen molar-refractivity contribution in [1.82, 2.24) is 20.5 Å². The Morgan fingerprint density at radius 3 is 2.69 bits per heavy atom. The number of nitrogens with zero attached hydrogens (tertiary/aromatic N) is 2. The van der Waals surface area contributed by atoms with Crippen molar-refractivity contribution < 1.29 is 9.59 Å². The van der Waals surface area contributed by atoms with Gasteiger partial charge in [-0.15, -0.1) is 0 Å². The first-order valence-electron chi connectivity index (χ1n) is 10.7. The topological polar surface area (TPSA) is 74.3 Å². The van der Waals surface area contributed by atoms with E-state index >= 15 is 0 Å². The van der Waals surface area contributed by atoms with Crippen LogP contribution < -0.4 is 10.6 Å². The fourth-order valence-electron chi connectivity index (χ4n) is 4.74. The SMILES string of the molecule is CC(C)CCC1(C2CCN(Cc3ccc4cccnc4c3)CC2)NC(=O)NC1=O. The van der Waals surface area contributed by atoms with Crippen molar-refractivity contribution in [2.45, 2.75) is 51.6 Å². The normalized spacial score (nSPS) is 23.6. The Hall–Kier alpha value is -2.47. The lowest BCUT2D eigenvalue weighted by Gasteiger charge is -2.41. The maximum Gasteiger partial charge on any atom is 0.322 e. The van der Waals surface area contributed by atoms with Gasteiger partial charge in [-0.1, -0.05) is 32.0 Å². The number of hydrogen-bond acceptors (Lipinski definition) is 4. The number of amides is 3. The second-order valence-electron chi connectivity index (χ2n) is 8.89. The lowest BCUT2D eigenvalue weighted by molar-refractivity contribution is -0.127. The molecule has 0 radical (unpaired) electrons. The molecule has 0 saturated carbocycles. The molecule has 4 rings (SSSR count). The van der Waals surface area contributed by atoms with Gasteiger partial charge in [-0.05, 0) is 68.3 Å². The summed E-state index contributed by atoms with van der Waals surface area (Å²) in [5.41, 5.74) is 1.55. The molecule has 29 heavy (non-hydrogen) atoms. The number of piperidine rings is 1. The highest BCUT2D eigenvalue weighted by molar-refractivity contribution is 6.07. The van der Waals surface area contributed by atoms with Crippen LogP contribution in [0.4, 0.5) is 4.79 Å². The van der Waals surface area contributed by atoms with Gasteiger partial charge in [-0.2, -0.15) is 0 Å². The number of imide groups is 1. The third kappa shape index (κ3) is 4.13. The van der Waals surface area contributed by atoms with Crippen LogP contribution in [-0.4, -0.2) is 40.5 Å². The monoisotopic (exact) mass is 394 g/mol. The molecular weight excluding hydrogens is 364 g/mol. The van der Waals surface area contributed by atoms with Gasteiger partial charge in [-0.25, -0.2) is 4.79 Å². The van der Waals surface area contributed by atoms with Gasteiger partial charge in [0.1, 0.15) is 5.54 Å². The Balaban J connectivity index is 1.41. The highest BCUT2D eigenvalue weighted by Crippen LogP contribution is 2.35. The number of hydrogen-bond donors (Lipinski definition) is 2. The lowest BCUT2D eigenvalue weighted by atomic mass is 9.74. The lowest BCUT2D eigenvalue weighted by Crippen LogP contribution is -2.56. The van der Waals surface area contributed by atoms with Gasteiger partial charge in [0, 0.05) is 18.1 Å². The molecule has 2 fully saturated rings. The molecule has 0 bridgehead atoms. The second-order valence-corrected chi connectivity index (χ2v) is 8.89. The zero-order valence-electron chi connectivity index (χ0n) is 17.3. The molecular formula is C23H30N4O2. The molecule has 2 aliphatic heterocycles. The van der Waals surface area contributed by atoms with Crippen molar-refractivity contribution in [2.75, 3.05) is 13.1 Å². The summed E-state index contributed by atoms with van der Waals surface area (Å²) in [5, 5.41) is 6.65. The second kappa shape index (κ2) is 8.11. The Labute approximate surface area is 172 Å². The number of benzene rings is 1. The summed E-state index contributed by atoms with van der Waals surface area (Å²) < 4.78 is 0. The number of carbonyl (C=O) groups excluding carboxylic acids is 2. The van der Waals surface area contributed by atoms with Crippen LogP contribution in [0.25, 0.3) is 10.9 Å². The number of nitrogens with one attached hydrogen (secondary N) is 2. The molecule has 154 valence electrons. The van der Waals surface area contributed by atoms with Crippen LogP contribution in [0.1, 0.15) is 45.1 Å². The van der Waals surface area contributed by atoms with Crippen molar-refractivity contribution in [3.63, 3.8) is 0 Å². The summed E-state index contributed by atoms with van der Waals surface area (Å²) in [6.45, 7) is 7.05. The van der Waals surface area contributed by atoms with Crippen LogP contribution in [0, 0.1) is 11.8 Å². The van der Waals surface area contributed by atoms with Crippen molar-refractivity contribution in [3.8, 4) is 0 Å². The Morgan fingerprint density at radius 1 is 1.21 bits per heavy atom. The number of aromatic nitrogens is 1. The van der Waals surface area contributed by atoms with Crippen LogP contribution in [-0.2, 0) is 11.3 Å². The Bertz CT molecular complexity index is 905. The number of urea groups is 1. The minimum absolute atomic E-state index is 0.137. The highest BCUT2D eigenvalue weighted by Gasteiger charge is 2.51. The fourth-order valence-corrected chi connectivity index (χ4v) is 4.74. The van der Waals surface area contributed by atoms with Gasteiger partial charge >= 0.3 is 6.03 Å². The minimum atomic E-state index is -0.736. The molecule has 1 unspecified atom stereocenters. The molecule has 2 aliphatic rings. The molecule has 3 heterocycles. The van der Waals surface area contributed by atoms with Crippen LogP contribution in [0.5, 0.6) is 0 Å². The van der Waals surface area contributed by atoms with E-state index in [2.05, 4.69) is 58.6 Å². The van der Waals surface area contributed by atoms with Crippen molar-refractivity contribution in [3.05, 3.63) is 42.1 Å². The number of likely N-dealkylation sites (tertiary alicyclic amines) is 1. The van der Waals surface area contributed by atoms with Gasteiger partial charge in [0.25, 0.3) is 5.91 Å². The minimum Gasteiger partial charge on any atom is -0.323 e. The Kier molecular flexibility index (Phi) is 5.54. The van der Waals surface area contributed by atoms with Gasteiger partial charge in [0.15, 0.2) is 0 Å². The van der Waals surface area contributed by atoms with Gasteiger partial charge < -0.3 is 5.32 Å². The zero-order chi connectivity index (χ0) is 20.4. The third-order valence-corrected chi connectivity index (χ3v) is 6.45. The van der Waals surface area contributed by atoms with Crippen molar-refractivity contribution in [2.24, 2.45) is 11.8 Å². The summed E-state index contributed by atoms with van der Waals surface area (Å²) in [7, 11) is 0. The van der Waals surface area contributed by atoms with E-state index in [1.165, 1.54) is 5.56 Å². The van der Waals surface area contributed by atoms with Gasteiger partial charge in [0.05, 0.1) is 5.52 Å². The van der Waals surface area contributed by atoms with Crippen molar-refractivity contribution >= 4 is 22.8 Å². The van der Waals surface area contributed by atoms with E-state index < -0.39 is 5.54 Å².